The predicted molar refractivity (Wildman–Crippen MR) is 69.5 cm³/mol. The predicted octanol–water partition coefficient (Wildman–Crippen LogP) is 1.92. The highest BCUT2D eigenvalue weighted by Crippen LogP contribution is 2.12. The lowest BCUT2D eigenvalue weighted by molar-refractivity contribution is 0.0456. The monoisotopic (exact) mass is 260 g/mol. The molecular formula is C14H16N2O3. The minimum Gasteiger partial charge on any atom is -0.456 e. The van der Waals surface area contributed by atoms with E-state index >= 15 is 0 Å². The van der Waals surface area contributed by atoms with E-state index in [1.807, 2.05) is 24.3 Å². The van der Waals surface area contributed by atoms with Crippen LogP contribution >= 0.6 is 0 Å². The maximum Gasteiger partial charge on any atom is 0.356 e. The molecule has 0 fully saturated rings. The maximum atomic E-state index is 11.9. The third-order valence-electron chi connectivity index (χ3n) is 2.81. The minimum absolute atomic E-state index is 0.226. The molecule has 0 amide bonds. The lowest BCUT2D eigenvalue weighted by Gasteiger charge is -2.09. The van der Waals surface area contributed by atoms with E-state index in [4.69, 9.17) is 9.47 Å². The third kappa shape index (κ3) is 3.20. The summed E-state index contributed by atoms with van der Waals surface area (Å²) in [4.78, 5) is 11.9. The van der Waals surface area contributed by atoms with E-state index in [1.54, 1.807) is 26.4 Å². The largest absolute Gasteiger partial charge is 0.456 e. The van der Waals surface area contributed by atoms with Gasteiger partial charge in [-0.05, 0) is 17.2 Å². The Morgan fingerprint density at radius 3 is 2.47 bits per heavy atom. The van der Waals surface area contributed by atoms with Gasteiger partial charge < -0.3 is 9.47 Å². The molecule has 1 aromatic carbocycles. The number of nitrogens with zero attached hydrogens (tertiary/aromatic N) is 2. The van der Waals surface area contributed by atoms with Crippen molar-refractivity contribution in [3.05, 3.63) is 53.3 Å². The van der Waals surface area contributed by atoms with E-state index in [9.17, 15) is 4.79 Å². The average Bonchev–Trinajstić information content (AvgIpc) is 2.84. The Morgan fingerprint density at radius 2 is 1.89 bits per heavy atom. The van der Waals surface area contributed by atoms with Gasteiger partial charge in [-0.3, -0.25) is 4.68 Å². The molecule has 1 aromatic heterocycles. The molecular weight excluding hydrogens is 244 g/mol. The van der Waals surface area contributed by atoms with Gasteiger partial charge in [-0.25, -0.2) is 4.79 Å². The molecule has 100 valence electrons. The molecule has 2 rings (SSSR count). The number of esters is 1. The van der Waals surface area contributed by atoms with Crippen molar-refractivity contribution in [1.82, 2.24) is 9.78 Å². The van der Waals surface area contributed by atoms with E-state index in [0.29, 0.717) is 12.3 Å². The van der Waals surface area contributed by atoms with Crippen LogP contribution in [0.5, 0.6) is 0 Å². The summed E-state index contributed by atoms with van der Waals surface area (Å²) in [5, 5.41) is 3.94. The van der Waals surface area contributed by atoms with Gasteiger partial charge in [-0.15, -0.1) is 0 Å². The molecule has 0 saturated heterocycles. The van der Waals surface area contributed by atoms with Crippen molar-refractivity contribution in [2.24, 2.45) is 7.05 Å². The van der Waals surface area contributed by atoms with Crippen LogP contribution in [0.4, 0.5) is 0 Å². The van der Waals surface area contributed by atoms with Gasteiger partial charge in [0.2, 0.25) is 0 Å². The molecule has 0 spiro atoms. The van der Waals surface area contributed by atoms with Gasteiger partial charge >= 0.3 is 5.97 Å². The molecule has 0 aliphatic carbocycles. The summed E-state index contributed by atoms with van der Waals surface area (Å²) in [6, 6.07) is 9.35. The molecule has 5 heteroatoms. The fourth-order valence-electron chi connectivity index (χ4n) is 1.79. The Labute approximate surface area is 111 Å². The van der Waals surface area contributed by atoms with Crippen LogP contribution in [0, 0.1) is 0 Å². The Bertz CT molecular complexity index is 563. The quantitative estimate of drug-likeness (QED) is 0.771. The van der Waals surface area contributed by atoms with Crippen molar-refractivity contribution >= 4 is 5.97 Å². The number of methoxy groups -OCH3 is 1. The summed E-state index contributed by atoms with van der Waals surface area (Å²) >= 11 is 0. The summed E-state index contributed by atoms with van der Waals surface area (Å²) < 4.78 is 11.9. The summed E-state index contributed by atoms with van der Waals surface area (Å²) in [6.07, 6.45) is 1.56. The number of hydrogen-bond donors (Lipinski definition) is 0. The van der Waals surface area contributed by atoms with Crippen molar-refractivity contribution in [2.75, 3.05) is 7.11 Å². The fraction of sp³-hybridized carbons (Fsp3) is 0.286. The maximum absolute atomic E-state index is 11.9. The first kappa shape index (κ1) is 13.3. The van der Waals surface area contributed by atoms with Gasteiger partial charge in [-0.2, -0.15) is 5.10 Å². The molecule has 0 atom stereocenters. The highest BCUT2D eigenvalue weighted by atomic mass is 16.5. The Hall–Kier alpha value is -2.14. The van der Waals surface area contributed by atoms with Crippen molar-refractivity contribution in [2.45, 2.75) is 13.2 Å². The number of aromatic nitrogens is 2. The van der Waals surface area contributed by atoms with E-state index in [-0.39, 0.29) is 12.6 Å². The molecule has 0 aliphatic rings. The number of rotatable bonds is 5. The number of benzene rings is 1. The lowest BCUT2D eigenvalue weighted by atomic mass is 10.1. The van der Waals surface area contributed by atoms with Gasteiger partial charge in [0.15, 0.2) is 0 Å². The zero-order chi connectivity index (χ0) is 13.7. The van der Waals surface area contributed by atoms with Crippen LogP contribution in [0.2, 0.25) is 0 Å². The zero-order valence-electron chi connectivity index (χ0n) is 11.0. The number of hydrogen-bond acceptors (Lipinski definition) is 4. The molecule has 0 bridgehead atoms. The third-order valence-corrected chi connectivity index (χ3v) is 2.81. The number of carbonyl (C=O) groups is 1. The van der Waals surface area contributed by atoms with Gasteiger partial charge in [0.25, 0.3) is 0 Å². The van der Waals surface area contributed by atoms with Crippen LogP contribution in [0.3, 0.4) is 0 Å². The first-order valence-corrected chi connectivity index (χ1v) is 5.93. The van der Waals surface area contributed by atoms with E-state index in [1.165, 1.54) is 4.68 Å². The second kappa shape index (κ2) is 6.15. The van der Waals surface area contributed by atoms with Crippen LogP contribution in [0.15, 0.2) is 36.5 Å². The Balaban J connectivity index is 2.03. The van der Waals surface area contributed by atoms with Crippen LogP contribution in [-0.4, -0.2) is 22.9 Å². The normalized spacial score (nSPS) is 10.4. The van der Waals surface area contributed by atoms with E-state index in [2.05, 4.69) is 5.10 Å². The molecule has 0 N–H and O–H groups in total. The second-order valence-electron chi connectivity index (χ2n) is 4.12. The van der Waals surface area contributed by atoms with Gasteiger partial charge in [0, 0.05) is 20.4 Å². The van der Waals surface area contributed by atoms with Crippen molar-refractivity contribution < 1.29 is 14.3 Å². The Kier molecular flexibility index (Phi) is 4.30. The molecule has 1 heterocycles. The molecule has 2 aromatic rings. The SMILES string of the molecule is COCc1ccccc1COC(=O)c1ccnn1C. The van der Waals surface area contributed by atoms with Gasteiger partial charge in [0.05, 0.1) is 6.61 Å². The smallest absolute Gasteiger partial charge is 0.356 e. The molecule has 0 saturated carbocycles. The first-order valence-electron chi connectivity index (χ1n) is 5.93. The van der Waals surface area contributed by atoms with Gasteiger partial charge in [-0.1, -0.05) is 24.3 Å². The standard InChI is InChI=1S/C14H16N2O3/c1-16-13(7-8-15-16)14(17)19-10-12-6-4-3-5-11(12)9-18-2/h3-8H,9-10H2,1-2H3. The van der Waals surface area contributed by atoms with Crippen molar-refractivity contribution in [3.63, 3.8) is 0 Å². The van der Waals surface area contributed by atoms with E-state index < -0.39 is 0 Å². The Morgan fingerprint density at radius 1 is 1.21 bits per heavy atom. The number of carbonyl (C=O) groups excluding carboxylic acids is 1. The highest BCUT2D eigenvalue weighted by Gasteiger charge is 2.12. The molecule has 0 radical (unpaired) electrons. The topological polar surface area (TPSA) is 53.4 Å². The van der Waals surface area contributed by atoms with Crippen molar-refractivity contribution in [3.8, 4) is 0 Å². The average molecular weight is 260 g/mol. The molecule has 0 unspecified atom stereocenters. The summed E-state index contributed by atoms with van der Waals surface area (Å²) in [5.74, 6) is -0.382. The minimum atomic E-state index is -0.382. The van der Waals surface area contributed by atoms with Crippen LogP contribution in [0.1, 0.15) is 21.6 Å². The summed E-state index contributed by atoms with van der Waals surface area (Å²) in [7, 11) is 3.34. The number of ether oxygens (including phenoxy) is 2. The number of aryl methyl sites for hydroxylation is 1. The zero-order valence-corrected chi connectivity index (χ0v) is 11.0. The molecule has 0 aliphatic heterocycles. The molecule has 5 nitrogen and oxygen atoms in total. The van der Waals surface area contributed by atoms with Crippen LogP contribution in [-0.2, 0) is 29.7 Å². The first-order chi connectivity index (χ1) is 9.22. The molecule has 19 heavy (non-hydrogen) atoms. The summed E-state index contributed by atoms with van der Waals surface area (Å²) in [6.45, 7) is 0.725. The summed E-state index contributed by atoms with van der Waals surface area (Å²) in [5.41, 5.74) is 2.40. The van der Waals surface area contributed by atoms with Crippen molar-refractivity contribution in [1.29, 1.82) is 0 Å². The van der Waals surface area contributed by atoms with E-state index in [0.717, 1.165) is 11.1 Å². The van der Waals surface area contributed by atoms with Crippen LogP contribution in [0.25, 0.3) is 0 Å². The second-order valence-corrected chi connectivity index (χ2v) is 4.12. The lowest BCUT2D eigenvalue weighted by Crippen LogP contribution is -2.11. The van der Waals surface area contributed by atoms with Gasteiger partial charge in [0.1, 0.15) is 12.3 Å². The fourth-order valence-corrected chi connectivity index (χ4v) is 1.79. The highest BCUT2D eigenvalue weighted by molar-refractivity contribution is 5.87. The van der Waals surface area contributed by atoms with Crippen LogP contribution < -0.4 is 0 Å².